The van der Waals surface area contributed by atoms with Gasteiger partial charge < -0.3 is 16.0 Å². The third-order valence-electron chi connectivity index (χ3n) is 2.67. The van der Waals surface area contributed by atoms with Crippen LogP contribution in [-0.2, 0) is 4.79 Å². The number of halogens is 2. The molecule has 7 heteroatoms. The van der Waals surface area contributed by atoms with Crippen LogP contribution in [0.4, 0.5) is 5.69 Å². The molecule has 0 fully saturated rings. The van der Waals surface area contributed by atoms with E-state index in [1.807, 2.05) is 14.0 Å². The van der Waals surface area contributed by atoms with E-state index in [1.165, 1.54) is 0 Å². The highest BCUT2D eigenvalue weighted by Gasteiger charge is 2.13. The van der Waals surface area contributed by atoms with Gasteiger partial charge in [-0.15, -0.1) is 12.4 Å². The molecule has 0 spiro atoms. The van der Waals surface area contributed by atoms with E-state index in [9.17, 15) is 9.59 Å². The summed E-state index contributed by atoms with van der Waals surface area (Å²) < 4.78 is 0. The van der Waals surface area contributed by atoms with Crippen molar-refractivity contribution in [3.63, 3.8) is 0 Å². The van der Waals surface area contributed by atoms with Crippen LogP contribution in [0.25, 0.3) is 0 Å². The van der Waals surface area contributed by atoms with Gasteiger partial charge in [-0.3, -0.25) is 9.59 Å². The van der Waals surface area contributed by atoms with E-state index in [-0.39, 0.29) is 24.2 Å². The molecule has 0 aliphatic rings. The highest BCUT2D eigenvalue weighted by Crippen LogP contribution is 2.21. The monoisotopic (exact) mass is 333 g/mol. The van der Waals surface area contributed by atoms with E-state index in [1.54, 1.807) is 18.2 Å². The van der Waals surface area contributed by atoms with Gasteiger partial charge in [-0.2, -0.15) is 0 Å². The van der Waals surface area contributed by atoms with Gasteiger partial charge in [0, 0.05) is 18.0 Å². The van der Waals surface area contributed by atoms with Gasteiger partial charge in [-0.25, -0.2) is 0 Å². The topological polar surface area (TPSA) is 70.2 Å². The molecule has 118 valence electrons. The van der Waals surface area contributed by atoms with Crippen molar-refractivity contribution < 1.29 is 9.59 Å². The molecule has 21 heavy (non-hydrogen) atoms. The van der Waals surface area contributed by atoms with Crippen LogP contribution in [0.2, 0.25) is 5.02 Å². The molecule has 0 atom stereocenters. The normalized spacial score (nSPS) is 9.67. The SMILES string of the molecule is CCNC(=O)c1ccc(Cl)cc1NC(=O)CCCNC.Cl. The van der Waals surface area contributed by atoms with E-state index in [2.05, 4.69) is 16.0 Å². The molecule has 0 radical (unpaired) electrons. The lowest BCUT2D eigenvalue weighted by Gasteiger charge is -2.11. The van der Waals surface area contributed by atoms with Gasteiger partial charge in [-0.1, -0.05) is 11.6 Å². The first-order chi connectivity index (χ1) is 9.58. The first-order valence-corrected chi connectivity index (χ1v) is 6.98. The van der Waals surface area contributed by atoms with E-state index < -0.39 is 0 Å². The van der Waals surface area contributed by atoms with Crippen molar-refractivity contribution in [2.75, 3.05) is 25.5 Å². The van der Waals surface area contributed by atoms with Gasteiger partial charge in [0.2, 0.25) is 5.91 Å². The molecule has 0 aromatic heterocycles. The molecule has 1 aromatic rings. The second kappa shape index (κ2) is 10.4. The standard InChI is InChI=1S/C14H20ClN3O2.ClH/c1-3-17-14(20)11-7-6-10(15)9-12(11)18-13(19)5-4-8-16-2;/h6-7,9,16H,3-5,8H2,1-2H3,(H,17,20)(H,18,19);1H. The Balaban J connectivity index is 0.00000400. The highest BCUT2D eigenvalue weighted by molar-refractivity contribution is 6.31. The second-order valence-corrected chi connectivity index (χ2v) is 4.74. The summed E-state index contributed by atoms with van der Waals surface area (Å²) in [6.07, 6.45) is 1.13. The van der Waals surface area contributed by atoms with Crippen LogP contribution in [0.3, 0.4) is 0 Å². The molecular formula is C14H21Cl2N3O2. The van der Waals surface area contributed by atoms with Gasteiger partial charge in [0.25, 0.3) is 5.91 Å². The molecule has 0 aliphatic heterocycles. The fourth-order valence-corrected chi connectivity index (χ4v) is 1.88. The summed E-state index contributed by atoms with van der Waals surface area (Å²) in [6.45, 7) is 3.13. The lowest BCUT2D eigenvalue weighted by molar-refractivity contribution is -0.116. The maximum atomic E-state index is 11.9. The van der Waals surface area contributed by atoms with Gasteiger partial charge in [0.15, 0.2) is 0 Å². The summed E-state index contributed by atoms with van der Waals surface area (Å²) >= 11 is 5.92. The lowest BCUT2D eigenvalue weighted by atomic mass is 10.1. The van der Waals surface area contributed by atoms with Crippen molar-refractivity contribution in [2.24, 2.45) is 0 Å². The molecule has 1 rings (SSSR count). The summed E-state index contributed by atoms with van der Waals surface area (Å²) in [5, 5.41) is 8.89. The molecular weight excluding hydrogens is 313 g/mol. The molecule has 0 heterocycles. The minimum absolute atomic E-state index is 0. The van der Waals surface area contributed by atoms with Crippen molar-refractivity contribution in [1.29, 1.82) is 0 Å². The Kier molecular flexibility index (Phi) is 9.78. The van der Waals surface area contributed by atoms with E-state index in [0.29, 0.717) is 29.2 Å². The Morgan fingerprint density at radius 3 is 2.62 bits per heavy atom. The quantitative estimate of drug-likeness (QED) is 0.671. The number of benzene rings is 1. The number of amides is 2. The van der Waals surface area contributed by atoms with E-state index >= 15 is 0 Å². The number of anilines is 1. The number of hydrogen-bond acceptors (Lipinski definition) is 3. The zero-order chi connectivity index (χ0) is 15.0. The molecule has 1 aromatic carbocycles. The molecule has 2 amide bonds. The first kappa shape index (κ1) is 19.7. The maximum absolute atomic E-state index is 11.9. The molecule has 0 bridgehead atoms. The number of carbonyl (C=O) groups excluding carboxylic acids is 2. The number of hydrogen-bond donors (Lipinski definition) is 3. The minimum Gasteiger partial charge on any atom is -0.352 e. The van der Waals surface area contributed by atoms with Gasteiger partial charge in [-0.05, 0) is 45.1 Å². The molecule has 5 nitrogen and oxygen atoms in total. The number of nitrogens with one attached hydrogen (secondary N) is 3. The van der Waals surface area contributed by atoms with Crippen LogP contribution in [0.15, 0.2) is 18.2 Å². The van der Waals surface area contributed by atoms with Crippen LogP contribution in [-0.4, -0.2) is 32.0 Å². The Morgan fingerprint density at radius 2 is 2.00 bits per heavy atom. The zero-order valence-electron chi connectivity index (χ0n) is 12.2. The van der Waals surface area contributed by atoms with Crippen molar-refractivity contribution in [1.82, 2.24) is 10.6 Å². The average molecular weight is 334 g/mol. The average Bonchev–Trinajstić information content (AvgIpc) is 2.39. The smallest absolute Gasteiger partial charge is 0.253 e. The van der Waals surface area contributed by atoms with E-state index in [4.69, 9.17) is 11.6 Å². The second-order valence-electron chi connectivity index (χ2n) is 4.30. The van der Waals surface area contributed by atoms with Crippen molar-refractivity contribution in [3.8, 4) is 0 Å². The Labute approximate surface area is 136 Å². The predicted molar refractivity (Wildman–Crippen MR) is 88.5 cm³/mol. The van der Waals surface area contributed by atoms with Gasteiger partial charge in [0.05, 0.1) is 11.3 Å². The first-order valence-electron chi connectivity index (χ1n) is 6.60. The number of rotatable bonds is 7. The molecule has 0 unspecified atom stereocenters. The van der Waals surface area contributed by atoms with Gasteiger partial charge >= 0.3 is 0 Å². The highest BCUT2D eigenvalue weighted by atomic mass is 35.5. The van der Waals surface area contributed by atoms with Crippen molar-refractivity contribution in [2.45, 2.75) is 19.8 Å². The maximum Gasteiger partial charge on any atom is 0.253 e. The molecule has 0 saturated heterocycles. The van der Waals surface area contributed by atoms with Crippen molar-refractivity contribution in [3.05, 3.63) is 28.8 Å². The largest absolute Gasteiger partial charge is 0.352 e. The predicted octanol–water partition coefficient (Wildman–Crippen LogP) is 2.45. The molecule has 3 N–H and O–H groups in total. The summed E-state index contributed by atoms with van der Waals surface area (Å²) in [4.78, 5) is 23.7. The van der Waals surface area contributed by atoms with E-state index in [0.717, 1.165) is 13.0 Å². The summed E-state index contributed by atoms with van der Waals surface area (Å²) in [5.74, 6) is -0.359. The Morgan fingerprint density at radius 1 is 1.29 bits per heavy atom. The van der Waals surface area contributed by atoms with Crippen LogP contribution < -0.4 is 16.0 Å². The Bertz CT molecular complexity index is 481. The van der Waals surface area contributed by atoms with Gasteiger partial charge in [0.1, 0.15) is 0 Å². The summed E-state index contributed by atoms with van der Waals surface area (Å²) in [6, 6.07) is 4.82. The van der Waals surface area contributed by atoms with Crippen LogP contribution in [0, 0.1) is 0 Å². The third-order valence-corrected chi connectivity index (χ3v) is 2.90. The fourth-order valence-electron chi connectivity index (χ4n) is 1.71. The van der Waals surface area contributed by atoms with Crippen LogP contribution in [0.1, 0.15) is 30.1 Å². The summed E-state index contributed by atoms with van der Waals surface area (Å²) in [7, 11) is 1.84. The van der Waals surface area contributed by atoms with Crippen LogP contribution in [0.5, 0.6) is 0 Å². The molecule has 0 saturated carbocycles. The minimum atomic E-state index is -0.227. The third kappa shape index (κ3) is 6.80. The zero-order valence-corrected chi connectivity index (χ0v) is 13.7. The Hall–Kier alpha value is -1.30. The molecule has 0 aliphatic carbocycles. The van der Waals surface area contributed by atoms with Crippen molar-refractivity contribution >= 4 is 41.5 Å². The number of carbonyl (C=O) groups is 2. The fraction of sp³-hybridized carbons (Fsp3) is 0.429. The van der Waals surface area contributed by atoms with Crippen LogP contribution >= 0.6 is 24.0 Å². The summed E-state index contributed by atoms with van der Waals surface area (Å²) in [5.41, 5.74) is 0.858. The lowest BCUT2D eigenvalue weighted by Crippen LogP contribution is -2.25.